The molecule has 0 aromatic carbocycles. The van der Waals surface area contributed by atoms with Crippen LogP contribution in [-0.2, 0) is 4.79 Å². The summed E-state index contributed by atoms with van der Waals surface area (Å²) in [7, 11) is 0. The zero-order chi connectivity index (χ0) is 9.97. The summed E-state index contributed by atoms with van der Waals surface area (Å²) in [5.74, 6) is -0.229. The molecule has 0 radical (unpaired) electrons. The van der Waals surface area contributed by atoms with Crippen molar-refractivity contribution < 1.29 is 4.79 Å². The van der Waals surface area contributed by atoms with E-state index in [4.69, 9.17) is 11.6 Å². The zero-order valence-electron chi connectivity index (χ0n) is 7.16. The van der Waals surface area contributed by atoms with Gasteiger partial charge in [-0.05, 0) is 12.1 Å². The van der Waals surface area contributed by atoms with Gasteiger partial charge in [-0.3, -0.25) is 4.79 Å². The number of rotatable bonds is 2. The molecule has 0 spiro atoms. The zero-order valence-corrected chi connectivity index (χ0v) is 8.73. The lowest BCUT2D eigenvalue weighted by atomic mass is 10.3. The van der Waals surface area contributed by atoms with Crippen molar-refractivity contribution in [2.24, 2.45) is 0 Å². The maximum absolute atomic E-state index is 11.1. The Morgan fingerprint density at radius 3 is 3.29 bits per heavy atom. The number of carbonyl (C=O) groups excluding carboxylic acids is 1. The first kappa shape index (κ1) is 9.43. The van der Waals surface area contributed by atoms with Crippen molar-refractivity contribution >= 4 is 44.7 Å². The largest absolute Gasteiger partial charge is 0.324 e. The number of hydrogen-bond donors (Lipinski definition) is 1. The van der Waals surface area contributed by atoms with Crippen molar-refractivity contribution in [1.82, 2.24) is 4.98 Å². The van der Waals surface area contributed by atoms with Crippen LogP contribution in [0, 0.1) is 0 Å². The number of fused-ring (bicyclic) bond motifs is 1. The molecule has 0 unspecified atom stereocenters. The average molecular weight is 227 g/mol. The quantitative estimate of drug-likeness (QED) is 0.800. The highest BCUT2D eigenvalue weighted by molar-refractivity contribution is 7.17. The molecule has 3 nitrogen and oxygen atoms in total. The summed E-state index contributed by atoms with van der Waals surface area (Å²) in [5.41, 5.74) is 0.781. The highest BCUT2D eigenvalue weighted by Gasteiger charge is 2.06. The van der Waals surface area contributed by atoms with Crippen LogP contribution in [0.4, 0.5) is 5.69 Å². The van der Waals surface area contributed by atoms with Gasteiger partial charge in [-0.25, -0.2) is 4.98 Å². The van der Waals surface area contributed by atoms with E-state index in [9.17, 15) is 4.79 Å². The van der Waals surface area contributed by atoms with Crippen molar-refractivity contribution in [3.05, 3.63) is 23.7 Å². The van der Waals surface area contributed by atoms with Crippen molar-refractivity contribution in [3.8, 4) is 0 Å². The highest BCUT2D eigenvalue weighted by Crippen LogP contribution is 2.27. The Morgan fingerprint density at radius 2 is 2.50 bits per heavy atom. The molecule has 14 heavy (non-hydrogen) atoms. The molecule has 2 rings (SSSR count). The Balaban J connectivity index is 2.38. The number of aromatic nitrogens is 1. The number of alkyl halides is 1. The Kier molecular flexibility index (Phi) is 2.65. The van der Waals surface area contributed by atoms with Crippen LogP contribution in [0.3, 0.4) is 0 Å². The van der Waals surface area contributed by atoms with Crippen LogP contribution in [0.25, 0.3) is 10.2 Å². The van der Waals surface area contributed by atoms with E-state index in [1.165, 1.54) is 11.3 Å². The minimum Gasteiger partial charge on any atom is -0.324 e. The van der Waals surface area contributed by atoms with E-state index in [1.54, 1.807) is 6.20 Å². The second-order valence-corrected chi connectivity index (χ2v) is 3.81. The smallest absolute Gasteiger partial charge is 0.239 e. The third kappa shape index (κ3) is 1.71. The van der Waals surface area contributed by atoms with Crippen LogP contribution < -0.4 is 5.32 Å². The third-order valence-electron chi connectivity index (χ3n) is 1.75. The summed E-state index contributed by atoms with van der Waals surface area (Å²) in [5, 5.41) is 5.53. The van der Waals surface area contributed by atoms with Crippen molar-refractivity contribution in [2.75, 3.05) is 11.2 Å². The number of hydrogen-bond acceptors (Lipinski definition) is 3. The number of pyridine rings is 1. The molecule has 0 bridgehead atoms. The number of amides is 1. The summed E-state index contributed by atoms with van der Waals surface area (Å²) in [6.07, 6.45) is 1.73. The van der Waals surface area contributed by atoms with Crippen LogP contribution >= 0.6 is 22.9 Å². The Hall–Kier alpha value is -1.13. The predicted octanol–water partition coefficient (Wildman–Crippen LogP) is 2.47. The van der Waals surface area contributed by atoms with Gasteiger partial charge in [-0.15, -0.1) is 22.9 Å². The topological polar surface area (TPSA) is 42.0 Å². The predicted molar refractivity (Wildman–Crippen MR) is 59.0 cm³/mol. The summed E-state index contributed by atoms with van der Waals surface area (Å²) >= 11 is 6.89. The first-order chi connectivity index (χ1) is 6.81. The Labute approximate surface area is 89.7 Å². The van der Waals surface area contributed by atoms with E-state index in [0.29, 0.717) is 0 Å². The van der Waals surface area contributed by atoms with Crippen LogP contribution in [0.5, 0.6) is 0 Å². The molecule has 0 atom stereocenters. The molecule has 0 saturated heterocycles. The fourth-order valence-electron chi connectivity index (χ4n) is 1.15. The van der Waals surface area contributed by atoms with Crippen molar-refractivity contribution in [2.45, 2.75) is 0 Å². The van der Waals surface area contributed by atoms with E-state index in [0.717, 1.165) is 15.9 Å². The van der Waals surface area contributed by atoms with Gasteiger partial charge in [0.25, 0.3) is 0 Å². The molecular weight excluding hydrogens is 220 g/mol. The van der Waals surface area contributed by atoms with Crippen LogP contribution in [0.15, 0.2) is 23.7 Å². The maximum atomic E-state index is 11.1. The summed E-state index contributed by atoms with van der Waals surface area (Å²) in [6.45, 7) is 0. The lowest BCUT2D eigenvalue weighted by molar-refractivity contribution is -0.113. The molecule has 2 aromatic rings. The minimum absolute atomic E-state index is 0.0302. The summed E-state index contributed by atoms with van der Waals surface area (Å²) in [4.78, 5) is 16.1. The van der Waals surface area contributed by atoms with Gasteiger partial charge in [0.05, 0.1) is 5.69 Å². The van der Waals surface area contributed by atoms with E-state index in [2.05, 4.69) is 10.3 Å². The van der Waals surface area contributed by atoms with Crippen molar-refractivity contribution in [3.63, 3.8) is 0 Å². The van der Waals surface area contributed by atoms with Gasteiger partial charge in [0.15, 0.2) is 0 Å². The molecule has 5 heteroatoms. The lowest BCUT2D eigenvalue weighted by Gasteiger charge is -1.99. The number of nitrogens with one attached hydrogen (secondary N) is 1. The maximum Gasteiger partial charge on any atom is 0.239 e. The normalized spacial score (nSPS) is 10.4. The first-order valence-electron chi connectivity index (χ1n) is 3.99. The Bertz CT molecular complexity index is 469. The van der Waals surface area contributed by atoms with Gasteiger partial charge in [-0.2, -0.15) is 0 Å². The Morgan fingerprint density at radius 1 is 1.64 bits per heavy atom. The number of carbonyl (C=O) groups is 1. The van der Waals surface area contributed by atoms with E-state index in [1.807, 2.05) is 17.5 Å². The highest BCUT2D eigenvalue weighted by atomic mass is 35.5. The molecule has 72 valence electrons. The molecule has 2 heterocycles. The number of anilines is 1. The second kappa shape index (κ2) is 3.94. The molecule has 0 aliphatic carbocycles. The molecule has 1 amide bonds. The minimum atomic E-state index is -0.199. The third-order valence-corrected chi connectivity index (χ3v) is 2.89. The van der Waals surface area contributed by atoms with Crippen LogP contribution in [-0.4, -0.2) is 16.8 Å². The summed E-state index contributed by atoms with van der Waals surface area (Å²) in [6, 6.07) is 3.76. The fraction of sp³-hybridized carbons (Fsp3) is 0.111. The van der Waals surface area contributed by atoms with Gasteiger partial charge in [-0.1, -0.05) is 0 Å². The molecule has 1 N–H and O–H groups in total. The molecule has 0 fully saturated rings. The van der Waals surface area contributed by atoms with Gasteiger partial charge in [0, 0.05) is 17.0 Å². The monoisotopic (exact) mass is 226 g/mol. The number of thiophene rings is 1. The van der Waals surface area contributed by atoms with Crippen molar-refractivity contribution in [1.29, 1.82) is 0 Å². The molecule has 0 aliphatic rings. The standard InChI is InChI=1S/C9H7ClN2OS/c10-4-8(13)12-7-5-14-9-6(7)2-1-3-11-9/h1-3,5H,4H2,(H,12,13). The molecular formula is C9H7ClN2OS. The van der Waals surface area contributed by atoms with E-state index >= 15 is 0 Å². The summed E-state index contributed by atoms with van der Waals surface area (Å²) < 4.78 is 0. The molecule has 2 aromatic heterocycles. The average Bonchev–Trinajstić information content (AvgIpc) is 2.62. The molecule has 0 saturated carbocycles. The van der Waals surface area contributed by atoms with E-state index < -0.39 is 0 Å². The SMILES string of the molecule is O=C(CCl)Nc1csc2ncccc12. The van der Waals surface area contributed by atoms with Gasteiger partial charge < -0.3 is 5.32 Å². The number of nitrogens with zero attached hydrogens (tertiary/aromatic N) is 1. The fourth-order valence-corrected chi connectivity index (χ4v) is 2.06. The number of halogens is 1. The first-order valence-corrected chi connectivity index (χ1v) is 5.40. The van der Waals surface area contributed by atoms with Gasteiger partial charge in [0.2, 0.25) is 5.91 Å². The van der Waals surface area contributed by atoms with E-state index in [-0.39, 0.29) is 11.8 Å². The molecule has 0 aliphatic heterocycles. The second-order valence-electron chi connectivity index (χ2n) is 2.69. The van der Waals surface area contributed by atoms with Crippen LogP contribution in [0.1, 0.15) is 0 Å². The van der Waals surface area contributed by atoms with Crippen LogP contribution in [0.2, 0.25) is 0 Å². The van der Waals surface area contributed by atoms with Gasteiger partial charge in [0.1, 0.15) is 10.7 Å². The van der Waals surface area contributed by atoms with Gasteiger partial charge >= 0.3 is 0 Å². The lowest BCUT2D eigenvalue weighted by Crippen LogP contribution is -2.11.